The number of benzene rings is 1. The molecule has 0 saturated heterocycles. The third kappa shape index (κ3) is 1.11. The third-order valence-corrected chi connectivity index (χ3v) is 2.29. The number of phenolic OH excluding ortho intramolecular Hbond substituents is 1. The van der Waals surface area contributed by atoms with Gasteiger partial charge in [0.15, 0.2) is 6.29 Å². The Morgan fingerprint density at radius 2 is 2.43 bits per heavy atom. The van der Waals surface area contributed by atoms with Gasteiger partial charge in [-0.2, -0.15) is 0 Å². The van der Waals surface area contributed by atoms with Gasteiger partial charge in [0.05, 0.1) is 19.3 Å². The van der Waals surface area contributed by atoms with Gasteiger partial charge < -0.3 is 14.6 Å². The number of aromatic hydroxyl groups is 1. The van der Waals surface area contributed by atoms with Gasteiger partial charge in [-0.3, -0.25) is 4.79 Å². The van der Waals surface area contributed by atoms with E-state index in [1.165, 1.54) is 13.2 Å². The lowest BCUT2D eigenvalue weighted by Crippen LogP contribution is -1.95. The molecule has 0 amide bonds. The summed E-state index contributed by atoms with van der Waals surface area (Å²) in [5.41, 5.74) is 1.05. The first kappa shape index (κ1) is 8.87. The highest BCUT2D eigenvalue weighted by atomic mass is 16.5. The Morgan fingerprint density at radius 3 is 3.07 bits per heavy atom. The molecule has 4 heteroatoms. The van der Waals surface area contributed by atoms with Crippen molar-refractivity contribution in [3.05, 3.63) is 17.2 Å². The number of phenols is 1. The second-order valence-electron chi connectivity index (χ2n) is 3.04. The monoisotopic (exact) mass is 194 g/mol. The van der Waals surface area contributed by atoms with Gasteiger partial charge in [-0.1, -0.05) is 0 Å². The summed E-state index contributed by atoms with van der Waals surface area (Å²) < 4.78 is 10.4. The fraction of sp³-hybridized carbons (Fsp3) is 0.300. The SMILES string of the molecule is COc1c(C=O)c(O)cc2c1CCO2. The average Bonchev–Trinajstić information content (AvgIpc) is 2.62. The van der Waals surface area contributed by atoms with Crippen molar-refractivity contribution >= 4 is 6.29 Å². The molecule has 0 atom stereocenters. The Kier molecular flexibility index (Phi) is 2.04. The average molecular weight is 194 g/mol. The molecule has 0 spiro atoms. The molecule has 1 aromatic carbocycles. The molecule has 4 nitrogen and oxygen atoms in total. The number of carbonyl (C=O) groups excluding carboxylic acids is 1. The van der Waals surface area contributed by atoms with Crippen molar-refractivity contribution < 1.29 is 19.4 Å². The van der Waals surface area contributed by atoms with Crippen molar-refractivity contribution in [3.63, 3.8) is 0 Å². The summed E-state index contributed by atoms with van der Waals surface area (Å²) in [4.78, 5) is 10.7. The molecule has 1 heterocycles. The van der Waals surface area contributed by atoms with Gasteiger partial charge in [0, 0.05) is 18.1 Å². The summed E-state index contributed by atoms with van der Waals surface area (Å²) in [6.07, 6.45) is 1.30. The molecular formula is C10H10O4. The summed E-state index contributed by atoms with van der Waals surface area (Å²) in [5.74, 6) is 0.926. The zero-order valence-corrected chi connectivity index (χ0v) is 7.74. The number of carbonyl (C=O) groups is 1. The smallest absolute Gasteiger partial charge is 0.157 e. The Hall–Kier alpha value is -1.71. The molecular weight excluding hydrogens is 184 g/mol. The number of hydrogen-bond acceptors (Lipinski definition) is 4. The van der Waals surface area contributed by atoms with E-state index in [0.717, 1.165) is 5.56 Å². The second-order valence-corrected chi connectivity index (χ2v) is 3.04. The van der Waals surface area contributed by atoms with Gasteiger partial charge in [0.2, 0.25) is 0 Å². The van der Waals surface area contributed by atoms with Crippen LogP contribution in [0.4, 0.5) is 0 Å². The Bertz CT molecular complexity index is 384. The first-order valence-electron chi connectivity index (χ1n) is 4.28. The maximum atomic E-state index is 10.7. The molecule has 0 bridgehead atoms. The molecule has 1 N–H and O–H groups in total. The third-order valence-electron chi connectivity index (χ3n) is 2.29. The molecule has 0 aliphatic carbocycles. The summed E-state index contributed by atoms with van der Waals surface area (Å²) >= 11 is 0. The number of hydrogen-bond donors (Lipinski definition) is 1. The minimum atomic E-state index is -0.0995. The molecule has 2 rings (SSSR count). The number of rotatable bonds is 2. The van der Waals surface area contributed by atoms with Gasteiger partial charge in [-0.05, 0) is 0 Å². The van der Waals surface area contributed by atoms with Gasteiger partial charge >= 0.3 is 0 Å². The summed E-state index contributed by atoms with van der Waals surface area (Å²) in [6.45, 7) is 0.563. The molecule has 1 aromatic rings. The predicted molar refractivity (Wildman–Crippen MR) is 49.2 cm³/mol. The van der Waals surface area contributed by atoms with Crippen LogP contribution in [0.3, 0.4) is 0 Å². The highest BCUT2D eigenvalue weighted by Crippen LogP contribution is 2.40. The molecule has 0 aromatic heterocycles. The number of methoxy groups -OCH3 is 1. The van der Waals surface area contributed by atoms with E-state index < -0.39 is 0 Å². The largest absolute Gasteiger partial charge is 0.507 e. The van der Waals surface area contributed by atoms with Crippen LogP contribution in [0.25, 0.3) is 0 Å². The van der Waals surface area contributed by atoms with E-state index in [1.54, 1.807) is 0 Å². The zero-order valence-electron chi connectivity index (χ0n) is 7.74. The van der Waals surface area contributed by atoms with Crippen LogP contribution in [0.1, 0.15) is 15.9 Å². The van der Waals surface area contributed by atoms with E-state index in [1.807, 2.05) is 0 Å². The van der Waals surface area contributed by atoms with Crippen molar-refractivity contribution in [2.75, 3.05) is 13.7 Å². The van der Waals surface area contributed by atoms with E-state index in [9.17, 15) is 9.90 Å². The van der Waals surface area contributed by atoms with Gasteiger partial charge in [0.25, 0.3) is 0 Å². The topological polar surface area (TPSA) is 55.8 Å². The fourth-order valence-electron chi connectivity index (χ4n) is 1.66. The molecule has 14 heavy (non-hydrogen) atoms. The van der Waals surface area contributed by atoms with Crippen molar-refractivity contribution in [2.24, 2.45) is 0 Å². The molecule has 0 fully saturated rings. The lowest BCUT2D eigenvalue weighted by molar-refractivity contribution is 0.111. The molecule has 0 unspecified atom stereocenters. The van der Waals surface area contributed by atoms with Crippen molar-refractivity contribution in [3.8, 4) is 17.2 Å². The second kappa shape index (κ2) is 3.21. The summed E-state index contributed by atoms with van der Waals surface area (Å²) in [6, 6.07) is 1.45. The van der Waals surface area contributed by atoms with Crippen molar-refractivity contribution in [1.29, 1.82) is 0 Å². The van der Waals surface area contributed by atoms with Crippen LogP contribution >= 0.6 is 0 Å². The summed E-state index contributed by atoms with van der Waals surface area (Å²) in [5, 5.41) is 9.50. The molecule has 74 valence electrons. The van der Waals surface area contributed by atoms with Crippen LogP contribution in [0.5, 0.6) is 17.2 Å². The quantitative estimate of drug-likeness (QED) is 0.717. The maximum Gasteiger partial charge on any atom is 0.157 e. The van der Waals surface area contributed by atoms with Crippen LogP contribution in [0.2, 0.25) is 0 Å². The predicted octanol–water partition coefficient (Wildman–Crippen LogP) is 1.15. The van der Waals surface area contributed by atoms with Crippen LogP contribution < -0.4 is 9.47 Å². The first-order valence-corrected chi connectivity index (χ1v) is 4.28. The van der Waals surface area contributed by atoms with E-state index >= 15 is 0 Å². The number of ether oxygens (including phenoxy) is 2. The minimum Gasteiger partial charge on any atom is -0.507 e. The Labute approximate surface area is 81.1 Å². The lowest BCUT2D eigenvalue weighted by atomic mass is 10.1. The van der Waals surface area contributed by atoms with E-state index in [0.29, 0.717) is 30.8 Å². The molecule has 0 radical (unpaired) electrons. The van der Waals surface area contributed by atoms with E-state index in [2.05, 4.69) is 0 Å². The number of fused-ring (bicyclic) bond motifs is 1. The Morgan fingerprint density at radius 1 is 1.64 bits per heavy atom. The first-order chi connectivity index (χ1) is 6.77. The van der Waals surface area contributed by atoms with E-state index in [-0.39, 0.29) is 11.3 Å². The highest BCUT2D eigenvalue weighted by molar-refractivity contribution is 5.85. The number of aldehydes is 1. The van der Waals surface area contributed by atoms with Gasteiger partial charge in [-0.25, -0.2) is 0 Å². The standard InChI is InChI=1S/C10H10O4/c1-13-10-6-2-3-14-9(6)4-8(12)7(10)5-11/h4-5,12H,2-3H2,1H3. The van der Waals surface area contributed by atoms with Crippen LogP contribution in [-0.2, 0) is 6.42 Å². The zero-order chi connectivity index (χ0) is 10.1. The lowest BCUT2D eigenvalue weighted by Gasteiger charge is -2.09. The van der Waals surface area contributed by atoms with Crippen LogP contribution in [-0.4, -0.2) is 25.1 Å². The molecule has 0 saturated carbocycles. The van der Waals surface area contributed by atoms with Crippen molar-refractivity contribution in [2.45, 2.75) is 6.42 Å². The molecule has 1 aliphatic rings. The van der Waals surface area contributed by atoms with Gasteiger partial charge in [-0.15, -0.1) is 0 Å². The summed E-state index contributed by atoms with van der Waals surface area (Å²) in [7, 11) is 1.47. The fourth-order valence-corrected chi connectivity index (χ4v) is 1.66. The highest BCUT2D eigenvalue weighted by Gasteiger charge is 2.22. The minimum absolute atomic E-state index is 0.0995. The van der Waals surface area contributed by atoms with Crippen molar-refractivity contribution in [1.82, 2.24) is 0 Å². The normalized spacial score (nSPS) is 13.2. The van der Waals surface area contributed by atoms with E-state index in [4.69, 9.17) is 9.47 Å². The van der Waals surface area contributed by atoms with Gasteiger partial charge in [0.1, 0.15) is 17.2 Å². The maximum absolute atomic E-state index is 10.7. The van der Waals surface area contributed by atoms with Crippen LogP contribution in [0.15, 0.2) is 6.07 Å². The Balaban J connectivity index is 2.68. The molecule has 1 aliphatic heterocycles. The van der Waals surface area contributed by atoms with Crippen LogP contribution in [0, 0.1) is 0 Å².